The molecule has 0 unspecified atom stereocenters. The Balaban J connectivity index is 1.65. The van der Waals surface area contributed by atoms with Crippen molar-refractivity contribution in [3.63, 3.8) is 0 Å². The van der Waals surface area contributed by atoms with Gasteiger partial charge in [-0.15, -0.1) is 0 Å². The molecule has 0 N–H and O–H groups in total. The van der Waals surface area contributed by atoms with Gasteiger partial charge in [0, 0.05) is 0 Å². The van der Waals surface area contributed by atoms with Gasteiger partial charge in [0.15, 0.2) is 0 Å². The van der Waals surface area contributed by atoms with Crippen molar-refractivity contribution in [3.05, 3.63) is 157 Å². The van der Waals surface area contributed by atoms with Gasteiger partial charge in [0.05, 0.1) is 19.2 Å². The number of hydrogen-bond donors (Lipinski definition) is 0. The van der Waals surface area contributed by atoms with Gasteiger partial charge in [-0.3, -0.25) is 0 Å². The highest BCUT2D eigenvalue weighted by molar-refractivity contribution is 6.22. The molecule has 0 atom stereocenters. The van der Waals surface area contributed by atoms with Crippen LogP contribution in [-0.4, -0.2) is 0 Å². The van der Waals surface area contributed by atoms with Gasteiger partial charge in [-0.2, -0.15) is 0 Å². The predicted octanol–water partition coefficient (Wildman–Crippen LogP) is 11.6. The van der Waals surface area contributed by atoms with Crippen LogP contribution in [0.5, 0.6) is 0 Å². The molecule has 0 spiro atoms. The molecule has 0 radical (unpaired) electrons. The fourth-order valence-corrected chi connectivity index (χ4v) is 5.69. The zero-order chi connectivity index (χ0) is 39.5. The van der Waals surface area contributed by atoms with Gasteiger partial charge >= 0.3 is 0 Å². The molecule has 0 nitrogen and oxygen atoms in total. The van der Waals surface area contributed by atoms with E-state index in [-0.39, 0.29) is 77.8 Å². The van der Waals surface area contributed by atoms with Crippen LogP contribution in [0.15, 0.2) is 151 Å². The van der Waals surface area contributed by atoms with Gasteiger partial charge in [-0.05, 0) is 101 Å². The lowest BCUT2D eigenvalue weighted by Crippen LogP contribution is -1.93. The molecule has 0 amide bonds. The van der Waals surface area contributed by atoms with E-state index < -0.39 is 72.5 Å². The predicted molar refractivity (Wildman–Crippen MR) is 178 cm³/mol. The molecule has 8 aromatic carbocycles. The van der Waals surface area contributed by atoms with Crippen molar-refractivity contribution in [1.29, 1.82) is 0 Å². The van der Waals surface area contributed by atoms with Gasteiger partial charge < -0.3 is 0 Å². The smallest absolute Gasteiger partial charge is 0.0616 e. The van der Waals surface area contributed by atoms with Crippen molar-refractivity contribution in [2.24, 2.45) is 0 Å². The topological polar surface area (TPSA) is 0 Å². The van der Waals surface area contributed by atoms with E-state index in [4.69, 9.17) is 12.3 Å². The molecule has 0 heterocycles. The summed E-state index contributed by atoms with van der Waals surface area (Å²) in [6.45, 7) is 1.56. The van der Waals surface area contributed by atoms with Crippen LogP contribution in [0.2, 0.25) is 0 Å². The van der Waals surface area contributed by atoms with Crippen molar-refractivity contribution in [3.8, 4) is 33.4 Å². The molecule has 0 aliphatic carbocycles. The van der Waals surface area contributed by atoms with E-state index in [1.54, 1.807) is 37.3 Å². The number of benzene rings is 8. The SMILES string of the molecule is [2H]c1c([2H])c([2H])c2c([2H])c(-c3ccccc3-c3c4c([2H])c([2H])c([2H])c([2H])c4c(-c4ccc5ccccc5c4)c4c([2H])c([2H])c([2H])c([2H])c34)c(C)c([2H])c2c1[2H]. The fourth-order valence-electron chi connectivity index (χ4n) is 5.69. The minimum atomic E-state index is -0.568. The summed E-state index contributed by atoms with van der Waals surface area (Å²) < 4.78 is 125. The minimum Gasteiger partial charge on any atom is -0.0616 e. The highest BCUT2D eigenvalue weighted by Gasteiger charge is 2.19. The maximum absolute atomic E-state index is 9.42. The van der Waals surface area contributed by atoms with E-state index in [1.165, 1.54) is 0 Å². The maximum Gasteiger partial charge on any atom is 0.0636 e. The quantitative estimate of drug-likeness (QED) is 0.198. The maximum atomic E-state index is 9.42. The first-order valence-corrected chi connectivity index (χ1v) is 13.1. The second kappa shape index (κ2) is 9.47. The first-order valence-electron chi connectivity index (χ1n) is 20.1. The van der Waals surface area contributed by atoms with Crippen molar-refractivity contribution >= 4 is 43.1 Å². The molecule has 8 rings (SSSR count). The van der Waals surface area contributed by atoms with Gasteiger partial charge in [0.1, 0.15) is 0 Å². The van der Waals surface area contributed by atoms with Crippen molar-refractivity contribution in [2.45, 2.75) is 6.92 Å². The molecule has 0 aromatic heterocycles. The van der Waals surface area contributed by atoms with Crippen LogP contribution in [0.25, 0.3) is 76.5 Å². The summed E-state index contributed by atoms with van der Waals surface area (Å²) in [5.41, 5.74) is 1.55. The van der Waals surface area contributed by atoms with Gasteiger partial charge in [0.25, 0.3) is 0 Å². The molecule has 0 bridgehead atoms. The molecule has 0 fully saturated rings. The average molecular weight is 535 g/mol. The summed E-state index contributed by atoms with van der Waals surface area (Å²) >= 11 is 0. The fraction of sp³-hybridized carbons (Fsp3) is 0.0244. The lowest BCUT2D eigenvalue weighted by molar-refractivity contribution is 1.48. The largest absolute Gasteiger partial charge is 0.0636 e. The first-order chi connectivity index (χ1) is 26.1. The van der Waals surface area contributed by atoms with E-state index in [0.717, 1.165) is 10.8 Å². The average Bonchev–Trinajstić information content (AvgIpc) is 3.19. The molecular weight excluding hydrogens is 492 g/mol. The van der Waals surface area contributed by atoms with E-state index in [2.05, 4.69) is 0 Å². The molecular formula is C41H28. The Morgan fingerprint density at radius 1 is 0.439 bits per heavy atom. The van der Waals surface area contributed by atoms with E-state index in [1.807, 2.05) is 36.4 Å². The summed E-state index contributed by atoms with van der Waals surface area (Å²) in [5, 5.41) is 1.43. The Labute approximate surface area is 259 Å². The first kappa shape index (κ1) is 13.4. The normalized spacial score (nSPS) is 16.3. The summed E-state index contributed by atoms with van der Waals surface area (Å²) in [6.07, 6.45) is 0. The van der Waals surface area contributed by atoms with Crippen LogP contribution in [0.1, 0.15) is 24.8 Å². The Bertz CT molecular complexity index is 2960. The van der Waals surface area contributed by atoms with Gasteiger partial charge in [0.2, 0.25) is 0 Å². The second-order valence-corrected chi connectivity index (χ2v) is 9.86. The van der Waals surface area contributed by atoms with Crippen LogP contribution in [-0.2, 0) is 0 Å². The molecule has 0 saturated heterocycles. The monoisotopic (exact) mass is 534 g/mol. The van der Waals surface area contributed by atoms with E-state index in [9.17, 15) is 6.85 Å². The lowest BCUT2D eigenvalue weighted by Gasteiger charge is -2.20. The molecule has 0 saturated carbocycles. The minimum absolute atomic E-state index is 0.0165. The third-order valence-corrected chi connectivity index (χ3v) is 7.50. The number of hydrogen-bond acceptors (Lipinski definition) is 0. The standard InChI is InChI=1S/C41H28/c1-27-24-29-13-4-5-15-31(29)26-39(27)33-16-6-7-17-34(33)41-37-20-10-8-18-35(37)40(36-19-9-11-21-38(36)41)32-23-22-28-12-2-3-14-30(28)25-32/h2-26H,1H3/i4D,5D,8D,9D,10D,11D,13D,15D,18D,19D,20D,21D,24D,26D. The van der Waals surface area contributed by atoms with Crippen LogP contribution >= 0.6 is 0 Å². The van der Waals surface area contributed by atoms with Gasteiger partial charge in [-0.25, -0.2) is 0 Å². The van der Waals surface area contributed by atoms with E-state index >= 15 is 0 Å². The summed E-state index contributed by atoms with van der Waals surface area (Å²) in [7, 11) is 0. The molecule has 8 aromatic rings. The van der Waals surface area contributed by atoms with Crippen molar-refractivity contribution in [2.75, 3.05) is 0 Å². The van der Waals surface area contributed by atoms with Crippen molar-refractivity contribution in [1.82, 2.24) is 0 Å². The van der Waals surface area contributed by atoms with Crippen LogP contribution < -0.4 is 0 Å². The van der Waals surface area contributed by atoms with Crippen LogP contribution in [0, 0.1) is 6.92 Å². The van der Waals surface area contributed by atoms with Crippen LogP contribution in [0.3, 0.4) is 0 Å². The summed E-state index contributed by atoms with van der Waals surface area (Å²) in [4.78, 5) is 0. The molecule has 41 heavy (non-hydrogen) atoms. The molecule has 0 aliphatic heterocycles. The number of fused-ring (bicyclic) bond motifs is 4. The van der Waals surface area contributed by atoms with Gasteiger partial charge in [-0.1, -0.05) is 139 Å². The molecule has 0 aliphatic rings. The highest BCUT2D eigenvalue weighted by Crippen LogP contribution is 2.46. The Morgan fingerprint density at radius 3 is 1.66 bits per heavy atom. The highest BCUT2D eigenvalue weighted by atomic mass is 14.2. The summed E-state index contributed by atoms with van der Waals surface area (Å²) in [5.74, 6) is 0. The zero-order valence-corrected chi connectivity index (χ0v) is 21.9. The van der Waals surface area contributed by atoms with Crippen molar-refractivity contribution < 1.29 is 19.2 Å². The molecule has 192 valence electrons. The number of rotatable bonds is 3. The van der Waals surface area contributed by atoms with E-state index in [0.29, 0.717) is 5.56 Å². The molecule has 0 heteroatoms. The Morgan fingerprint density at radius 2 is 0.976 bits per heavy atom. The lowest BCUT2D eigenvalue weighted by atomic mass is 9.83. The zero-order valence-electron chi connectivity index (χ0n) is 35.9. The third kappa shape index (κ3) is 3.84. The second-order valence-electron chi connectivity index (χ2n) is 9.86. The third-order valence-electron chi connectivity index (χ3n) is 7.50. The van der Waals surface area contributed by atoms with Crippen LogP contribution in [0.4, 0.5) is 0 Å². The Kier molecular flexibility index (Phi) is 3.10. The Hall–Kier alpha value is -5.20. The summed E-state index contributed by atoms with van der Waals surface area (Å²) in [6, 6.07) is 13.0.